The van der Waals surface area contributed by atoms with Crippen LogP contribution in [-0.4, -0.2) is 9.78 Å². The first kappa shape index (κ1) is 16.0. The second-order valence-electron chi connectivity index (χ2n) is 4.26. The van der Waals surface area contributed by atoms with Crippen molar-refractivity contribution < 1.29 is 0 Å². The first-order valence-corrected chi connectivity index (χ1v) is 7.97. The van der Waals surface area contributed by atoms with Gasteiger partial charge in [-0.15, -0.1) is 0 Å². The summed E-state index contributed by atoms with van der Waals surface area (Å²) in [6.45, 7) is 5.17. The molecular weight excluding hydrogens is 384 g/mol. The Morgan fingerprint density at radius 2 is 1.85 bits per heavy atom. The minimum absolute atomic E-state index is 0.509. The second kappa shape index (κ2) is 6.56. The first-order chi connectivity index (χ1) is 9.43. The van der Waals surface area contributed by atoms with Crippen LogP contribution in [0.3, 0.4) is 0 Å². The maximum Gasteiger partial charge on any atom is 0.0865 e. The smallest absolute Gasteiger partial charge is 0.0865 e. The molecule has 0 amide bonds. The average Bonchev–Trinajstić information content (AvgIpc) is 2.64. The van der Waals surface area contributed by atoms with Crippen LogP contribution in [0, 0.1) is 6.92 Å². The number of nitrogens with zero attached hydrogens (tertiary/aromatic N) is 2. The monoisotopic (exact) mass is 395 g/mol. The van der Waals surface area contributed by atoms with Gasteiger partial charge in [-0.25, -0.2) is 0 Å². The van der Waals surface area contributed by atoms with E-state index in [1.807, 2.05) is 18.5 Å². The lowest BCUT2D eigenvalue weighted by Crippen LogP contribution is -2.08. The summed E-state index contributed by atoms with van der Waals surface area (Å²) in [5.41, 5.74) is 2.43. The highest BCUT2D eigenvalue weighted by molar-refractivity contribution is 9.10. The molecule has 0 aliphatic heterocycles. The zero-order valence-corrected chi connectivity index (χ0v) is 14.8. The van der Waals surface area contributed by atoms with Crippen molar-refractivity contribution in [3.63, 3.8) is 0 Å². The highest BCUT2D eigenvalue weighted by Gasteiger charge is 2.14. The number of halogens is 4. The van der Waals surface area contributed by atoms with E-state index in [0.29, 0.717) is 27.3 Å². The summed E-state index contributed by atoms with van der Waals surface area (Å²) in [4.78, 5) is 0. The van der Waals surface area contributed by atoms with Gasteiger partial charge < -0.3 is 5.32 Å². The van der Waals surface area contributed by atoms with E-state index >= 15 is 0 Å². The Morgan fingerprint density at radius 1 is 1.25 bits per heavy atom. The Balaban J connectivity index is 2.26. The molecule has 108 valence electrons. The van der Waals surface area contributed by atoms with E-state index in [1.165, 1.54) is 0 Å². The molecule has 0 saturated carbocycles. The van der Waals surface area contributed by atoms with Gasteiger partial charge in [0.2, 0.25) is 0 Å². The summed E-state index contributed by atoms with van der Waals surface area (Å²) >= 11 is 22.0. The summed E-state index contributed by atoms with van der Waals surface area (Å²) < 4.78 is 2.70. The largest absolute Gasteiger partial charge is 0.377 e. The highest BCUT2D eigenvalue weighted by atomic mass is 79.9. The SMILES string of the molecule is CCn1nc(C)c(Cl)c1CNc1c(Cl)cc(Br)cc1Cl. The quantitative estimate of drug-likeness (QED) is 0.733. The van der Waals surface area contributed by atoms with Crippen LogP contribution in [0.15, 0.2) is 16.6 Å². The minimum atomic E-state index is 0.509. The molecular formula is C13H13BrCl3N3. The Bertz CT molecular complexity index is 617. The van der Waals surface area contributed by atoms with Gasteiger partial charge in [0.25, 0.3) is 0 Å². The second-order valence-corrected chi connectivity index (χ2v) is 6.37. The van der Waals surface area contributed by atoms with E-state index in [0.717, 1.165) is 22.4 Å². The van der Waals surface area contributed by atoms with E-state index < -0.39 is 0 Å². The number of anilines is 1. The van der Waals surface area contributed by atoms with E-state index in [-0.39, 0.29) is 0 Å². The van der Waals surface area contributed by atoms with E-state index in [2.05, 4.69) is 26.3 Å². The van der Waals surface area contributed by atoms with Gasteiger partial charge >= 0.3 is 0 Å². The van der Waals surface area contributed by atoms with Crippen LogP contribution in [0.1, 0.15) is 18.3 Å². The summed E-state index contributed by atoms with van der Waals surface area (Å²) in [7, 11) is 0. The average molecular weight is 398 g/mol. The molecule has 0 spiro atoms. The van der Waals surface area contributed by atoms with Gasteiger partial charge in [0.05, 0.1) is 38.7 Å². The van der Waals surface area contributed by atoms with Crippen molar-refractivity contribution in [2.45, 2.75) is 26.9 Å². The molecule has 7 heteroatoms. The Morgan fingerprint density at radius 3 is 2.40 bits per heavy atom. The molecule has 0 bridgehead atoms. The molecule has 20 heavy (non-hydrogen) atoms. The number of rotatable bonds is 4. The number of hydrogen-bond acceptors (Lipinski definition) is 2. The van der Waals surface area contributed by atoms with Crippen molar-refractivity contribution in [3.8, 4) is 0 Å². The lowest BCUT2D eigenvalue weighted by molar-refractivity contribution is 0.623. The molecule has 1 aromatic heterocycles. The summed E-state index contributed by atoms with van der Waals surface area (Å²) in [6.07, 6.45) is 0. The van der Waals surface area contributed by atoms with Crippen LogP contribution < -0.4 is 5.32 Å². The predicted molar refractivity (Wildman–Crippen MR) is 89.1 cm³/mol. The predicted octanol–water partition coefficient (Wildman–Crippen LogP) is 5.55. The fraction of sp³-hybridized carbons (Fsp3) is 0.308. The molecule has 1 aromatic carbocycles. The fourth-order valence-electron chi connectivity index (χ4n) is 1.92. The minimum Gasteiger partial charge on any atom is -0.377 e. The molecule has 1 heterocycles. The van der Waals surface area contributed by atoms with Gasteiger partial charge in [-0.3, -0.25) is 4.68 Å². The van der Waals surface area contributed by atoms with Crippen molar-refractivity contribution in [3.05, 3.63) is 43.1 Å². The Kier molecular flexibility index (Phi) is 5.24. The lowest BCUT2D eigenvalue weighted by atomic mass is 10.3. The Hall–Kier alpha value is -0.420. The van der Waals surface area contributed by atoms with Crippen LogP contribution in [0.2, 0.25) is 15.1 Å². The van der Waals surface area contributed by atoms with Crippen molar-refractivity contribution in [2.75, 3.05) is 5.32 Å². The molecule has 1 N–H and O–H groups in total. The topological polar surface area (TPSA) is 29.9 Å². The third-order valence-corrected chi connectivity index (χ3v) is 4.44. The third-order valence-electron chi connectivity index (χ3n) is 2.89. The molecule has 0 aliphatic carbocycles. The van der Waals surface area contributed by atoms with Crippen molar-refractivity contribution >= 4 is 56.4 Å². The van der Waals surface area contributed by atoms with Gasteiger partial charge in [-0.2, -0.15) is 5.10 Å². The molecule has 0 unspecified atom stereocenters. The van der Waals surface area contributed by atoms with Gasteiger partial charge in [0, 0.05) is 11.0 Å². The summed E-state index contributed by atoms with van der Waals surface area (Å²) in [5, 5.41) is 9.38. The van der Waals surface area contributed by atoms with Gasteiger partial charge in [0.1, 0.15) is 0 Å². The summed E-state index contributed by atoms with van der Waals surface area (Å²) in [6, 6.07) is 3.58. The zero-order chi connectivity index (χ0) is 14.9. The van der Waals surface area contributed by atoms with Crippen LogP contribution in [0.25, 0.3) is 0 Å². The van der Waals surface area contributed by atoms with Gasteiger partial charge in [-0.1, -0.05) is 50.7 Å². The molecule has 3 nitrogen and oxygen atoms in total. The molecule has 0 radical (unpaired) electrons. The van der Waals surface area contributed by atoms with Crippen LogP contribution in [0.5, 0.6) is 0 Å². The third kappa shape index (κ3) is 3.25. The molecule has 0 fully saturated rings. The van der Waals surface area contributed by atoms with Gasteiger partial charge in [0.15, 0.2) is 0 Å². The molecule has 0 saturated heterocycles. The normalized spacial score (nSPS) is 10.9. The summed E-state index contributed by atoms with van der Waals surface area (Å²) in [5.74, 6) is 0. The number of nitrogens with one attached hydrogen (secondary N) is 1. The molecule has 2 aromatic rings. The molecule has 2 rings (SSSR count). The van der Waals surface area contributed by atoms with Crippen LogP contribution >= 0.6 is 50.7 Å². The number of aromatic nitrogens is 2. The van der Waals surface area contributed by atoms with Crippen LogP contribution in [-0.2, 0) is 13.1 Å². The van der Waals surface area contributed by atoms with Crippen molar-refractivity contribution in [2.24, 2.45) is 0 Å². The van der Waals surface area contributed by atoms with Crippen molar-refractivity contribution in [1.82, 2.24) is 9.78 Å². The number of aryl methyl sites for hydroxylation is 2. The lowest BCUT2D eigenvalue weighted by Gasteiger charge is -2.12. The fourth-order valence-corrected chi connectivity index (χ4v) is 3.47. The molecule has 0 aliphatic rings. The first-order valence-electron chi connectivity index (χ1n) is 6.04. The highest BCUT2D eigenvalue weighted by Crippen LogP contribution is 2.34. The zero-order valence-electron chi connectivity index (χ0n) is 11.0. The number of hydrogen-bond donors (Lipinski definition) is 1. The van der Waals surface area contributed by atoms with Crippen LogP contribution in [0.4, 0.5) is 5.69 Å². The standard InChI is InChI=1S/C13H13BrCl3N3/c1-3-20-11(12(17)7(2)19-20)6-18-13-9(15)4-8(14)5-10(13)16/h4-5,18H,3,6H2,1-2H3. The molecule has 0 atom stereocenters. The van der Waals surface area contributed by atoms with E-state index in [1.54, 1.807) is 12.1 Å². The van der Waals surface area contributed by atoms with Gasteiger partial charge in [-0.05, 0) is 26.0 Å². The Labute approximate surface area is 141 Å². The van der Waals surface area contributed by atoms with E-state index in [9.17, 15) is 0 Å². The maximum atomic E-state index is 6.27. The number of benzene rings is 1. The van der Waals surface area contributed by atoms with E-state index in [4.69, 9.17) is 34.8 Å². The maximum absolute atomic E-state index is 6.27. The van der Waals surface area contributed by atoms with Crippen molar-refractivity contribution in [1.29, 1.82) is 0 Å².